The van der Waals surface area contributed by atoms with Gasteiger partial charge in [0.25, 0.3) is 0 Å². The van der Waals surface area contributed by atoms with Crippen LogP contribution in [0.5, 0.6) is 0 Å². The van der Waals surface area contributed by atoms with Crippen LogP contribution in [0.1, 0.15) is 18.5 Å². The fourth-order valence-corrected chi connectivity index (χ4v) is 3.26. The maximum atomic E-state index is 13.2. The molecule has 3 aromatic rings. The normalized spacial score (nSPS) is 19.5. The minimum absolute atomic E-state index is 0.0771. The Bertz CT molecular complexity index is 1120. The third kappa shape index (κ3) is 3.20. The molecule has 1 saturated carbocycles. The van der Waals surface area contributed by atoms with Crippen molar-refractivity contribution in [3.8, 4) is 5.69 Å². The first-order chi connectivity index (χ1) is 13.3. The summed E-state index contributed by atoms with van der Waals surface area (Å²) in [5.41, 5.74) is -2.02. The van der Waals surface area contributed by atoms with E-state index in [1.54, 1.807) is 12.1 Å². The highest BCUT2D eigenvalue weighted by molar-refractivity contribution is 6.32. The molecule has 2 aromatic heterocycles. The number of nitrogens with zero attached hydrogens (tertiary/aromatic N) is 3. The smallest absolute Gasteiger partial charge is 0.391 e. The lowest BCUT2D eigenvalue weighted by atomic mass is 9.89. The van der Waals surface area contributed by atoms with Crippen molar-refractivity contribution in [1.82, 2.24) is 14.5 Å². The SMILES string of the molecule is O=c1nc(N[C@@H]2CC[C@H]2O)c2ccc(C(F)(F)F)nc2n1-c1ccccc1Cl. The van der Waals surface area contributed by atoms with Gasteiger partial charge >= 0.3 is 11.9 Å². The second kappa shape index (κ2) is 6.75. The Morgan fingerprint density at radius 2 is 1.89 bits per heavy atom. The third-order valence-corrected chi connectivity index (χ3v) is 5.00. The summed E-state index contributed by atoms with van der Waals surface area (Å²) < 4.78 is 40.6. The molecule has 146 valence electrons. The van der Waals surface area contributed by atoms with Crippen LogP contribution in [-0.2, 0) is 6.18 Å². The molecule has 28 heavy (non-hydrogen) atoms. The van der Waals surface area contributed by atoms with Gasteiger partial charge in [0.2, 0.25) is 0 Å². The maximum absolute atomic E-state index is 13.2. The molecule has 0 bridgehead atoms. The molecular weight excluding hydrogens is 397 g/mol. The van der Waals surface area contributed by atoms with Gasteiger partial charge in [-0.2, -0.15) is 18.2 Å². The number of para-hydroxylation sites is 1. The van der Waals surface area contributed by atoms with Gasteiger partial charge in [-0.05, 0) is 37.1 Å². The number of halogens is 4. The van der Waals surface area contributed by atoms with Crippen molar-refractivity contribution in [2.45, 2.75) is 31.2 Å². The van der Waals surface area contributed by atoms with Crippen LogP contribution in [0.3, 0.4) is 0 Å². The lowest BCUT2D eigenvalue weighted by Crippen LogP contribution is -2.43. The summed E-state index contributed by atoms with van der Waals surface area (Å²) in [5.74, 6) is 0.0771. The van der Waals surface area contributed by atoms with E-state index in [-0.39, 0.29) is 33.6 Å². The molecule has 2 heterocycles. The van der Waals surface area contributed by atoms with Crippen LogP contribution >= 0.6 is 11.6 Å². The number of nitrogens with one attached hydrogen (secondary N) is 1. The molecule has 1 aliphatic rings. The molecule has 10 heteroatoms. The predicted molar refractivity (Wildman–Crippen MR) is 97.8 cm³/mol. The Hall–Kier alpha value is -2.65. The molecule has 0 radical (unpaired) electrons. The molecule has 0 amide bonds. The van der Waals surface area contributed by atoms with E-state index in [1.807, 2.05) is 0 Å². The lowest BCUT2D eigenvalue weighted by molar-refractivity contribution is -0.141. The van der Waals surface area contributed by atoms with E-state index in [2.05, 4.69) is 15.3 Å². The number of hydrogen-bond acceptors (Lipinski definition) is 5. The molecule has 0 saturated heterocycles. The van der Waals surface area contributed by atoms with Crippen molar-refractivity contribution in [3.05, 3.63) is 57.6 Å². The van der Waals surface area contributed by atoms with Crippen LogP contribution in [0.2, 0.25) is 5.02 Å². The van der Waals surface area contributed by atoms with Gasteiger partial charge in [-0.15, -0.1) is 0 Å². The van der Waals surface area contributed by atoms with Crippen LogP contribution in [-0.4, -0.2) is 31.8 Å². The third-order valence-electron chi connectivity index (χ3n) is 4.68. The molecular formula is C18H14ClF3N4O2. The molecule has 0 unspecified atom stereocenters. The quantitative estimate of drug-likeness (QED) is 0.692. The summed E-state index contributed by atoms with van der Waals surface area (Å²) in [4.78, 5) is 20.4. The Morgan fingerprint density at radius 3 is 2.50 bits per heavy atom. The van der Waals surface area contributed by atoms with Gasteiger partial charge in [-0.25, -0.2) is 14.3 Å². The van der Waals surface area contributed by atoms with E-state index in [0.717, 1.165) is 10.6 Å². The van der Waals surface area contributed by atoms with E-state index in [1.165, 1.54) is 18.2 Å². The van der Waals surface area contributed by atoms with Crippen molar-refractivity contribution < 1.29 is 18.3 Å². The average Bonchev–Trinajstić information content (AvgIpc) is 2.64. The highest BCUT2D eigenvalue weighted by Gasteiger charge is 2.34. The molecule has 1 aromatic carbocycles. The summed E-state index contributed by atoms with van der Waals surface area (Å²) in [6.45, 7) is 0. The molecule has 2 atom stereocenters. The number of fused-ring (bicyclic) bond motifs is 1. The van der Waals surface area contributed by atoms with Crippen LogP contribution in [0.25, 0.3) is 16.7 Å². The first-order valence-corrected chi connectivity index (χ1v) is 8.84. The van der Waals surface area contributed by atoms with Crippen LogP contribution in [0.15, 0.2) is 41.2 Å². The maximum Gasteiger partial charge on any atom is 0.433 e. The highest BCUT2D eigenvalue weighted by atomic mass is 35.5. The van der Waals surface area contributed by atoms with Crippen molar-refractivity contribution in [2.24, 2.45) is 0 Å². The van der Waals surface area contributed by atoms with Gasteiger partial charge in [-0.3, -0.25) is 0 Å². The number of alkyl halides is 3. The van der Waals surface area contributed by atoms with Crippen molar-refractivity contribution in [2.75, 3.05) is 5.32 Å². The largest absolute Gasteiger partial charge is 0.433 e. The monoisotopic (exact) mass is 410 g/mol. The summed E-state index contributed by atoms with van der Waals surface area (Å²) in [7, 11) is 0. The van der Waals surface area contributed by atoms with Crippen LogP contribution in [0, 0.1) is 0 Å². The van der Waals surface area contributed by atoms with Gasteiger partial charge in [0, 0.05) is 0 Å². The zero-order valence-corrected chi connectivity index (χ0v) is 15.0. The lowest BCUT2D eigenvalue weighted by Gasteiger charge is -2.33. The summed E-state index contributed by atoms with van der Waals surface area (Å²) in [6, 6.07) is 7.95. The summed E-state index contributed by atoms with van der Waals surface area (Å²) in [5, 5.41) is 13.1. The van der Waals surface area contributed by atoms with Crippen LogP contribution < -0.4 is 11.0 Å². The Labute approximate surface area is 161 Å². The zero-order chi connectivity index (χ0) is 20.1. The van der Waals surface area contributed by atoms with E-state index in [9.17, 15) is 23.1 Å². The Morgan fingerprint density at radius 1 is 1.14 bits per heavy atom. The van der Waals surface area contributed by atoms with E-state index in [4.69, 9.17) is 11.6 Å². The van der Waals surface area contributed by atoms with Gasteiger partial charge in [-0.1, -0.05) is 23.7 Å². The Balaban J connectivity index is 1.99. The van der Waals surface area contributed by atoms with Gasteiger partial charge < -0.3 is 10.4 Å². The Kier molecular flexibility index (Phi) is 4.51. The minimum atomic E-state index is -4.68. The van der Waals surface area contributed by atoms with E-state index < -0.39 is 23.7 Å². The summed E-state index contributed by atoms with van der Waals surface area (Å²) >= 11 is 6.15. The highest BCUT2D eigenvalue weighted by Crippen LogP contribution is 2.32. The number of pyridine rings is 1. The number of anilines is 1. The van der Waals surface area contributed by atoms with Gasteiger partial charge in [0.1, 0.15) is 11.5 Å². The molecule has 6 nitrogen and oxygen atoms in total. The van der Waals surface area contributed by atoms with Gasteiger partial charge in [0.15, 0.2) is 5.65 Å². The number of rotatable bonds is 3. The topological polar surface area (TPSA) is 80.0 Å². The summed E-state index contributed by atoms with van der Waals surface area (Å²) in [6.07, 6.45) is -4.03. The predicted octanol–water partition coefficient (Wildman–Crippen LogP) is 3.39. The molecule has 0 spiro atoms. The fraction of sp³-hybridized carbons (Fsp3) is 0.278. The van der Waals surface area contributed by atoms with E-state index in [0.29, 0.717) is 12.8 Å². The molecule has 1 fully saturated rings. The second-order valence-electron chi connectivity index (χ2n) is 6.49. The molecule has 4 rings (SSSR count). The first kappa shape index (κ1) is 18.7. The average molecular weight is 411 g/mol. The fourth-order valence-electron chi connectivity index (χ4n) is 3.04. The second-order valence-corrected chi connectivity index (χ2v) is 6.90. The minimum Gasteiger partial charge on any atom is -0.391 e. The molecule has 2 N–H and O–H groups in total. The number of hydrogen-bond donors (Lipinski definition) is 2. The number of aliphatic hydroxyl groups excluding tert-OH is 1. The number of aliphatic hydroxyl groups is 1. The van der Waals surface area contributed by atoms with E-state index >= 15 is 0 Å². The molecule has 1 aliphatic carbocycles. The molecule has 0 aliphatic heterocycles. The standard InChI is InChI=1S/C18H14ClF3N4O2/c19-10-3-1-2-4-12(10)26-16-9(5-8-14(24-16)18(20,21)22)15(25-17(26)28)23-11-6-7-13(11)27/h1-5,8,11,13,27H,6-7H2,(H,23,25,28)/t11-,13-/m1/s1. The number of aromatic nitrogens is 3. The van der Waals surface area contributed by atoms with Crippen molar-refractivity contribution in [3.63, 3.8) is 0 Å². The van der Waals surface area contributed by atoms with Crippen molar-refractivity contribution in [1.29, 1.82) is 0 Å². The number of benzene rings is 1. The first-order valence-electron chi connectivity index (χ1n) is 8.46. The van der Waals surface area contributed by atoms with Gasteiger partial charge in [0.05, 0.1) is 28.2 Å². The van der Waals surface area contributed by atoms with Crippen molar-refractivity contribution >= 4 is 28.5 Å². The zero-order valence-electron chi connectivity index (χ0n) is 14.2. The van der Waals surface area contributed by atoms with Crippen LogP contribution in [0.4, 0.5) is 19.0 Å².